The van der Waals surface area contributed by atoms with E-state index in [2.05, 4.69) is 0 Å². The molecule has 11 nitrogen and oxygen atoms in total. The molecule has 0 bridgehead atoms. The molecule has 0 spiro atoms. The van der Waals surface area contributed by atoms with Crippen LogP contribution in [0.1, 0.15) is 37.9 Å². The van der Waals surface area contributed by atoms with Crippen LogP contribution < -0.4 is 20.9 Å². The van der Waals surface area contributed by atoms with Gasteiger partial charge in [0.05, 0.1) is 16.6 Å². The molecule has 5 N–H and O–H groups in total. The van der Waals surface area contributed by atoms with Crippen molar-refractivity contribution in [2.24, 2.45) is 11.5 Å². The highest BCUT2D eigenvalue weighted by Gasteiger charge is 2.29. The average molecular weight is 383 g/mol. The molecule has 11 heteroatoms. The van der Waals surface area contributed by atoms with Crippen molar-refractivity contribution in [3.05, 3.63) is 27.8 Å². The van der Waals surface area contributed by atoms with Crippen LogP contribution in [0.15, 0.2) is 12.1 Å². The molecule has 0 radical (unpaired) electrons. The largest absolute Gasteiger partial charge is 0.480 e. The van der Waals surface area contributed by atoms with Crippen molar-refractivity contribution in [1.29, 1.82) is 0 Å². The topological polar surface area (TPSA) is 177 Å². The lowest BCUT2D eigenvalue weighted by atomic mass is 10.1. The summed E-state index contributed by atoms with van der Waals surface area (Å²) >= 11 is 0. The molecule has 148 valence electrons. The maximum atomic E-state index is 12.1. The summed E-state index contributed by atoms with van der Waals surface area (Å²) in [4.78, 5) is 33.5. The van der Waals surface area contributed by atoms with Crippen LogP contribution in [0.25, 0.3) is 0 Å². The van der Waals surface area contributed by atoms with Gasteiger partial charge >= 0.3 is 11.9 Å². The molecular formula is C16H21N3O8. The van der Waals surface area contributed by atoms with Crippen LogP contribution in [0.4, 0.5) is 5.69 Å². The van der Waals surface area contributed by atoms with Gasteiger partial charge in [-0.05, 0) is 32.3 Å². The quantitative estimate of drug-likeness (QED) is 0.314. The number of nitrogens with two attached hydrogens (primary N) is 2. The molecule has 0 fully saturated rings. The number of nitro groups is 1. The minimum absolute atomic E-state index is 0.0482. The van der Waals surface area contributed by atoms with E-state index in [0.29, 0.717) is 12.2 Å². The number of ether oxygens (including phenoxy) is 3. The van der Waals surface area contributed by atoms with Crippen molar-refractivity contribution in [1.82, 2.24) is 0 Å². The molecule has 0 amide bonds. The maximum Gasteiger partial charge on any atom is 0.323 e. The van der Waals surface area contributed by atoms with E-state index in [-0.39, 0.29) is 36.6 Å². The molecule has 1 heterocycles. The number of benzene rings is 1. The standard InChI is InChI=1S/C16H21N3O8/c1-8(27-16(22)11(18)4-2-3-10(17)15(20)21)9-5-13-14(26-7-25-13)6-12(9)19(23)24/h5-6,8,10-11H,2-4,7,17-18H2,1H3,(H,20,21). The zero-order chi connectivity index (χ0) is 20.1. The molecule has 0 aromatic heterocycles. The van der Waals surface area contributed by atoms with Gasteiger partial charge in [-0.2, -0.15) is 0 Å². The Hall–Kier alpha value is -2.92. The summed E-state index contributed by atoms with van der Waals surface area (Å²) in [5.41, 5.74) is 11.0. The second kappa shape index (κ2) is 8.64. The van der Waals surface area contributed by atoms with Crippen molar-refractivity contribution in [2.45, 2.75) is 44.4 Å². The van der Waals surface area contributed by atoms with E-state index in [1.54, 1.807) is 0 Å². The fourth-order valence-corrected chi connectivity index (χ4v) is 2.55. The minimum atomic E-state index is -1.13. The molecule has 27 heavy (non-hydrogen) atoms. The van der Waals surface area contributed by atoms with Gasteiger partial charge in [0, 0.05) is 0 Å². The highest BCUT2D eigenvalue weighted by molar-refractivity contribution is 5.76. The van der Waals surface area contributed by atoms with E-state index in [1.807, 2.05) is 0 Å². The van der Waals surface area contributed by atoms with E-state index >= 15 is 0 Å². The van der Waals surface area contributed by atoms with Gasteiger partial charge in [-0.3, -0.25) is 19.7 Å². The van der Waals surface area contributed by atoms with Gasteiger partial charge < -0.3 is 30.8 Å². The van der Waals surface area contributed by atoms with E-state index in [4.69, 9.17) is 30.8 Å². The van der Waals surface area contributed by atoms with Crippen LogP contribution >= 0.6 is 0 Å². The van der Waals surface area contributed by atoms with Crippen molar-refractivity contribution in [3.8, 4) is 11.5 Å². The number of hydrogen-bond donors (Lipinski definition) is 3. The number of fused-ring (bicyclic) bond motifs is 1. The number of carbonyl (C=O) groups excluding carboxylic acids is 1. The number of nitro benzene ring substituents is 1. The van der Waals surface area contributed by atoms with Crippen LogP contribution in [0.2, 0.25) is 0 Å². The highest BCUT2D eigenvalue weighted by atomic mass is 16.7. The second-order valence-electron chi connectivity index (χ2n) is 6.08. The summed E-state index contributed by atoms with van der Waals surface area (Å²) in [6.45, 7) is 1.43. The van der Waals surface area contributed by atoms with Crippen LogP contribution in [-0.4, -0.2) is 40.8 Å². The number of carbonyl (C=O) groups is 2. The first kappa shape index (κ1) is 20.4. The lowest BCUT2D eigenvalue weighted by Crippen LogP contribution is -2.34. The smallest absolute Gasteiger partial charge is 0.323 e. The summed E-state index contributed by atoms with van der Waals surface area (Å²) in [6, 6.07) is 0.593. The van der Waals surface area contributed by atoms with Crippen molar-refractivity contribution in [3.63, 3.8) is 0 Å². The summed E-state index contributed by atoms with van der Waals surface area (Å²) in [5.74, 6) is -1.31. The maximum absolute atomic E-state index is 12.1. The number of carboxylic acid groups (broad SMARTS) is 1. The van der Waals surface area contributed by atoms with Gasteiger partial charge in [-0.1, -0.05) is 0 Å². The predicted molar refractivity (Wildman–Crippen MR) is 91.2 cm³/mol. The summed E-state index contributed by atoms with van der Waals surface area (Å²) in [7, 11) is 0. The first-order chi connectivity index (χ1) is 12.7. The fraction of sp³-hybridized carbons (Fsp3) is 0.500. The van der Waals surface area contributed by atoms with Crippen molar-refractivity contribution < 1.29 is 33.8 Å². The molecule has 1 aromatic rings. The molecule has 1 aromatic carbocycles. The first-order valence-electron chi connectivity index (χ1n) is 8.23. The lowest BCUT2D eigenvalue weighted by Gasteiger charge is -2.17. The van der Waals surface area contributed by atoms with E-state index in [1.165, 1.54) is 19.1 Å². The molecule has 0 saturated carbocycles. The van der Waals surface area contributed by atoms with Gasteiger partial charge in [-0.15, -0.1) is 0 Å². The third-order valence-corrected chi connectivity index (χ3v) is 4.10. The Kier molecular flexibility index (Phi) is 6.53. The SMILES string of the molecule is CC(OC(=O)C(N)CCCC(N)C(=O)O)c1cc2c(cc1[N+](=O)[O-])OCO2. The Morgan fingerprint density at radius 1 is 1.26 bits per heavy atom. The summed E-state index contributed by atoms with van der Waals surface area (Å²) < 4.78 is 15.6. The molecule has 0 aliphatic carbocycles. The highest BCUT2D eigenvalue weighted by Crippen LogP contribution is 2.40. The number of rotatable bonds is 9. The first-order valence-corrected chi connectivity index (χ1v) is 8.23. The third-order valence-electron chi connectivity index (χ3n) is 4.10. The van der Waals surface area contributed by atoms with Crippen LogP contribution in [0.5, 0.6) is 11.5 Å². The third kappa shape index (κ3) is 5.05. The summed E-state index contributed by atoms with van der Waals surface area (Å²) in [6.07, 6.45) is -0.280. The number of esters is 1. The van der Waals surface area contributed by atoms with Gasteiger partial charge in [0.15, 0.2) is 11.5 Å². The van der Waals surface area contributed by atoms with Crippen molar-refractivity contribution in [2.75, 3.05) is 6.79 Å². The number of carboxylic acids is 1. The Balaban J connectivity index is 1.99. The Morgan fingerprint density at radius 3 is 2.44 bits per heavy atom. The molecule has 3 unspecified atom stereocenters. The lowest BCUT2D eigenvalue weighted by molar-refractivity contribution is -0.386. The zero-order valence-corrected chi connectivity index (χ0v) is 14.6. The van der Waals surface area contributed by atoms with E-state index in [0.717, 1.165) is 0 Å². The molecule has 2 rings (SSSR count). The average Bonchev–Trinajstić information content (AvgIpc) is 3.07. The van der Waals surface area contributed by atoms with Crippen molar-refractivity contribution >= 4 is 17.6 Å². The Morgan fingerprint density at radius 2 is 1.85 bits per heavy atom. The molecule has 3 atom stereocenters. The zero-order valence-electron chi connectivity index (χ0n) is 14.6. The second-order valence-corrected chi connectivity index (χ2v) is 6.08. The molecular weight excluding hydrogens is 362 g/mol. The molecule has 1 aliphatic heterocycles. The Labute approximate surface area is 154 Å². The predicted octanol–water partition coefficient (Wildman–Crippen LogP) is 0.837. The van der Waals surface area contributed by atoms with Crippen LogP contribution in [0.3, 0.4) is 0 Å². The fourth-order valence-electron chi connectivity index (χ4n) is 2.55. The van der Waals surface area contributed by atoms with Gasteiger partial charge in [-0.25, -0.2) is 0 Å². The van der Waals surface area contributed by atoms with E-state index < -0.39 is 35.0 Å². The van der Waals surface area contributed by atoms with Crippen LogP contribution in [0, 0.1) is 10.1 Å². The minimum Gasteiger partial charge on any atom is -0.480 e. The number of hydrogen-bond acceptors (Lipinski definition) is 9. The molecule has 0 saturated heterocycles. The number of nitrogens with zero attached hydrogens (tertiary/aromatic N) is 1. The summed E-state index contributed by atoms with van der Waals surface area (Å²) in [5, 5.41) is 20.0. The van der Waals surface area contributed by atoms with Gasteiger partial charge in [0.25, 0.3) is 5.69 Å². The molecule has 1 aliphatic rings. The Bertz CT molecular complexity index is 739. The number of aliphatic carboxylic acids is 1. The van der Waals surface area contributed by atoms with Gasteiger partial charge in [0.1, 0.15) is 18.2 Å². The van der Waals surface area contributed by atoms with Crippen LogP contribution in [-0.2, 0) is 14.3 Å². The normalized spacial score (nSPS) is 15.7. The van der Waals surface area contributed by atoms with E-state index in [9.17, 15) is 19.7 Å². The monoisotopic (exact) mass is 383 g/mol. The van der Waals surface area contributed by atoms with Gasteiger partial charge in [0.2, 0.25) is 6.79 Å².